The fourth-order valence-corrected chi connectivity index (χ4v) is 2.01. The third kappa shape index (κ3) is 3.60. The van der Waals surface area contributed by atoms with Gasteiger partial charge in [-0.15, -0.1) is 0 Å². The van der Waals surface area contributed by atoms with E-state index in [1.54, 1.807) is 6.07 Å². The molecule has 2 aromatic rings. The molecule has 0 saturated carbocycles. The van der Waals surface area contributed by atoms with Crippen LogP contribution in [-0.4, -0.2) is 16.1 Å². The van der Waals surface area contributed by atoms with E-state index in [9.17, 15) is 9.90 Å². The van der Waals surface area contributed by atoms with Gasteiger partial charge < -0.3 is 9.84 Å². The molecule has 0 atom stereocenters. The SMILES string of the molecule is CCc1ccccc1Oc1cc(C(=O)O)cc(C(C)C)n1. The number of aromatic nitrogens is 1. The highest BCUT2D eigenvalue weighted by Gasteiger charge is 2.13. The zero-order chi connectivity index (χ0) is 15.4. The highest BCUT2D eigenvalue weighted by molar-refractivity contribution is 5.88. The number of rotatable bonds is 5. The van der Waals surface area contributed by atoms with Crippen LogP contribution in [0.3, 0.4) is 0 Å². The Balaban J connectivity index is 2.41. The van der Waals surface area contributed by atoms with Crippen LogP contribution in [0.25, 0.3) is 0 Å². The minimum absolute atomic E-state index is 0.132. The highest BCUT2D eigenvalue weighted by Crippen LogP contribution is 2.26. The van der Waals surface area contributed by atoms with Crippen LogP contribution in [-0.2, 0) is 6.42 Å². The zero-order valence-corrected chi connectivity index (χ0v) is 12.5. The van der Waals surface area contributed by atoms with E-state index < -0.39 is 5.97 Å². The molecule has 0 radical (unpaired) electrons. The maximum Gasteiger partial charge on any atom is 0.335 e. The summed E-state index contributed by atoms with van der Waals surface area (Å²) in [5.41, 5.74) is 1.96. The molecule has 0 amide bonds. The van der Waals surface area contributed by atoms with Crippen LogP contribution in [0.2, 0.25) is 0 Å². The first-order valence-electron chi connectivity index (χ1n) is 7.02. The number of aromatic carboxylic acids is 1. The monoisotopic (exact) mass is 285 g/mol. The van der Waals surface area contributed by atoms with Crippen molar-refractivity contribution >= 4 is 5.97 Å². The number of carbonyl (C=O) groups is 1. The number of nitrogens with zero attached hydrogens (tertiary/aromatic N) is 1. The van der Waals surface area contributed by atoms with Crippen molar-refractivity contribution in [1.29, 1.82) is 0 Å². The summed E-state index contributed by atoms with van der Waals surface area (Å²) in [5.74, 6) is 0.185. The van der Waals surface area contributed by atoms with Crippen molar-refractivity contribution in [3.05, 3.63) is 53.2 Å². The standard InChI is InChI=1S/C17H19NO3/c1-4-12-7-5-6-8-15(12)21-16-10-13(17(19)20)9-14(18-16)11(2)3/h5-11H,4H2,1-3H3,(H,19,20). The normalized spacial score (nSPS) is 10.7. The first-order chi connectivity index (χ1) is 10.0. The van der Waals surface area contributed by atoms with Gasteiger partial charge in [0.2, 0.25) is 5.88 Å². The third-order valence-electron chi connectivity index (χ3n) is 3.23. The summed E-state index contributed by atoms with van der Waals surface area (Å²) in [7, 11) is 0. The largest absolute Gasteiger partial charge is 0.478 e. The second kappa shape index (κ2) is 6.39. The minimum atomic E-state index is -0.979. The van der Waals surface area contributed by atoms with Crippen molar-refractivity contribution in [3.63, 3.8) is 0 Å². The summed E-state index contributed by atoms with van der Waals surface area (Å²) in [5, 5.41) is 9.20. The first-order valence-corrected chi connectivity index (χ1v) is 7.02. The molecule has 1 heterocycles. The Morgan fingerprint density at radius 2 is 2.00 bits per heavy atom. The summed E-state index contributed by atoms with van der Waals surface area (Å²) in [6.45, 7) is 5.98. The Morgan fingerprint density at radius 3 is 2.62 bits per heavy atom. The number of carboxylic acid groups (broad SMARTS) is 1. The Kier molecular flexibility index (Phi) is 4.58. The average molecular weight is 285 g/mol. The van der Waals surface area contributed by atoms with E-state index in [1.165, 1.54) is 6.07 Å². The number of ether oxygens (including phenoxy) is 1. The van der Waals surface area contributed by atoms with Crippen LogP contribution in [0.1, 0.15) is 48.3 Å². The smallest absolute Gasteiger partial charge is 0.335 e. The molecule has 0 fully saturated rings. The lowest BCUT2D eigenvalue weighted by Gasteiger charge is -2.12. The summed E-state index contributed by atoms with van der Waals surface area (Å²) in [6, 6.07) is 10.7. The van der Waals surface area contributed by atoms with E-state index in [-0.39, 0.29) is 11.5 Å². The van der Waals surface area contributed by atoms with Crippen LogP contribution in [0.5, 0.6) is 11.6 Å². The molecule has 0 unspecified atom stereocenters. The van der Waals surface area contributed by atoms with E-state index in [0.29, 0.717) is 17.3 Å². The van der Waals surface area contributed by atoms with Crippen LogP contribution < -0.4 is 4.74 Å². The van der Waals surface area contributed by atoms with Gasteiger partial charge in [0.1, 0.15) is 5.75 Å². The van der Waals surface area contributed by atoms with Gasteiger partial charge in [0.25, 0.3) is 0 Å². The van der Waals surface area contributed by atoms with Gasteiger partial charge in [-0.2, -0.15) is 0 Å². The van der Waals surface area contributed by atoms with Crippen molar-refractivity contribution in [1.82, 2.24) is 4.98 Å². The molecule has 4 heteroatoms. The number of carboxylic acids is 1. The van der Waals surface area contributed by atoms with Gasteiger partial charge in [-0.3, -0.25) is 0 Å². The maximum absolute atomic E-state index is 11.2. The van der Waals surface area contributed by atoms with Crippen molar-refractivity contribution in [2.24, 2.45) is 0 Å². The van der Waals surface area contributed by atoms with Crippen molar-refractivity contribution in [2.45, 2.75) is 33.1 Å². The summed E-state index contributed by atoms with van der Waals surface area (Å²) in [6.07, 6.45) is 0.839. The fraction of sp³-hybridized carbons (Fsp3) is 0.294. The molecule has 0 aliphatic carbocycles. The molecule has 1 aromatic heterocycles. The molecule has 0 bridgehead atoms. The van der Waals surface area contributed by atoms with Crippen molar-refractivity contribution in [3.8, 4) is 11.6 Å². The predicted octanol–water partition coefficient (Wildman–Crippen LogP) is 4.26. The maximum atomic E-state index is 11.2. The van der Waals surface area contributed by atoms with Crippen LogP contribution in [0.4, 0.5) is 0 Å². The Morgan fingerprint density at radius 1 is 1.29 bits per heavy atom. The molecule has 110 valence electrons. The lowest BCUT2D eigenvalue weighted by atomic mass is 10.1. The lowest BCUT2D eigenvalue weighted by Crippen LogP contribution is -2.03. The van der Waals surface area contributed by atoms with Gasteiger partial charge in [-0.25, -0.2) is 9.78 Å². The zero-order valence-electron chi connectivity index (χ0n) is 12.5. The van der Waals surface area contributed by atoms with E-state index in [4.69, 9.17) is 4.74 Å². The van der Waals surface area contributed by atoms with Crippen molar-refractivity contribution < 1.29 is 14.6 Å². The number of aryl methyl sites for hydroxylation is 1. The fourth-order valence-electron chi connectivity index (χ4n) is 2.01. The molecule has 0 saturated heterocycles. The molecule has 0 spiro atoms. The van der Waals surface area contributed by atoms with Gasteiger partial charge in [0.05, 0.1) is 5.56 Å². The van der Waals surface area contributed by atoms with E-state index >= 15 is 0 Å². The third-order valence-corrected chi connectivity index (χ3v) is 3.23. The molecule has 0 aliphatic rings. The molecule has 4 nitrogen and oxygen atoms in total. The summed E-state index contributed by atoms with van der Waals surface area (Å²) < 4.78 is 5.81. The number of para-hydroxylation sites is 1. The Bertz CT molecular complexity index is 650. The van der Waals surface area contributed by atoms with E-state index in [0.717, 1.165) is 12.0 Å². The number of hydrogen-bond donors (Lipinski definition) is 1. The molecular weight excluding hydrogens is 266 g/mol. The summed E-state index contributed by atoms with van der Waals surface area (Å²) in [4.78, 5) is 15.6. The minimum Gasteiger partial charge on any atom is -0.478 e. The lowest BCUT2D eigenvalue weighted by molar-refractivity contribution is 0.0696. The molecule has 21 heavy (non-hydrogen) atoms. The topological polar surface area (TPSA) is 59.4 Å². The first kappa shape index (κ1) is 15.0. The van der Waals surface area contributed by atoms with Gasteiger partial charge in [-0.1, -0.05) is 39.0 Å². The number of hydrogen-bond acceptors (Lipinski definition) is 3. The van der Waals surface area contributed by atoms with E-state index in [2.05, 4.69) is 4.98 Å². The average Bonchev–Trinajstić information content (AvgIpc) is 2.47. The molecule has 1 aromatic carbocycles. The van der Waals surface area contributed by atoms with Crippen molar-refractivity contribution in [2.75, 3.05) is 0 Å². The number of pyridine rings is 1. The van der Waals surface area contributed by atoms with E-state index in [1.807, 2.05) is 45.0 Å². The van der Waals surface area contributed by atoms with Gasteiger partial charge >= 0.3 is 5.97 Å². The highest BCUT2D eigenvalue weighted by atomic mass is 16.5. The molecule has 0 aliphatic heterocycles. The van der Waals surface area contributed by atoms with Crippen LogP contribution >= 0.6 is 0 Å². The molecule has 1 N–H and O–H groups in total. The molecule has 2 rings (SSSR count). The van der Waals surface area contributed by atoms with Gasteiger partial charge in [0.15, 0.2) is 0 Å². The molecular formula is C17H19NO3. The predicted molar refractivity (Wildman–Crippen MR) is 81.2 cm³/mol. The second-order valence-electron chi connectivity index (χ2n) is 5.14. The number of benzene rings is 1. The van der Waals surface area contributed by atoms with Crippen LogP contribution in [0.15, 0.2) is 36.4 Å². The van der Waals surface area contributed by atoms with Gasteiger partial charge in [0, 0.05) is 11.8 Å². The van der Waals surface area contributed by atoms with Crippen LogP contribution in [0, 0.1) is 0 Å². The Labute approximate surface area is 124 Å². The quantitative estimate of drug-likeness (QED) is 0.891. The van der Waals surface area contributed by atoms with Gasteiger partial charge in [-0.05, 0) is 30.0 Å². The Hall–Kier alpha value is -2.36. The summed E-state index contributed by atoms with van der Waals surface area (Å²) >= 11 is 0. The second-order valence-corrected chi connectivity index (χ2v) is 5.14.